The van der Waals surface area contributed by atoms with Crippen molar-refractivity contribution in [1.29, 1.82) is 0 Å². The molecule has 6 aromatic rings. The van der Waals surface area contributed by atoms with Gasteiger partial charge in [0.05, 0.1) is 35.9 Å². The minimum absolute atomic E-state index is 0.299. The van der Waals surface area contributed by atoms with Crippen LogP contribution in [0.15, 0.2) is 104 Å². The number of nitrogens with zero attached hydrogens (tertiary/aromatic N) is 5. The number of aromatic nitrogens is 5. The Morgan fingerprint density at radius 1 is 0.806 bits per heavy atom. The highest BCUT2D eigenvalue weighted by Crippen LogP contribution is 2.28. The summed E-state index contributed by atoms with van der Waals surface area (Å²) in [4.78, 5) is 4.50. The summed E-state index contributed by atoms with van der Waals surface area (Å²) in [6, 6.07) is 28.1. The number of hydrogen-bond donors (Lipinski definition) is 1. The fourth-order valence-corrected chi connectivity index (χ4v) is 4.16. The minimum Gasteiger partial charge on any atom is -0.497 e. The molecule has 7 nitrogen and oxygen atoms in total. The van der Waals surface area contributed by atoms with E-state index in [1.54, 1.807) is 42.5 Å². The summed E-state index contributed by atoms with van der Waals surface area (Å²) >= 11 is 0. The molecule has 8 heteroatoms. The first kappa shape index (κ1) is 21.5. The van der Waals surface area contributed by atoms with Crippen molar-refractivity contribution in [2.45, 2.75) is 0 Å². The molecule has 0 atom stereocenters. The molecule has 0 spiro atoms. The van der Waals surface area contributed by atoms with Gasteiger partial charge in [-0.05, 0) is 66.7 Å². The van der Waals surface area contributed by atoms with Gasteiger partial charge in [-0.25, -0.2) is 18.7 Å². The van der Waals surface area contributed by atoms with Crippen molar-refractivity contribution >= 4 is 22.3 Å². The number of ether oxygens (including phenoxy) is 1. The van der Waals surface area contributed by atoms with Crippen LogP contribution in [0.5, 0.6) is 5.75 Å². The molecule has 0 unspecified atom stereocenters. The Hall–Kier alpha value is -4.98. The maximum Gasteiger partial charge on any atom is 0.163 e. The van der Waals surface area contributed by atoms with Crippen LogP contribution in [-0.2, 0) is 0 Å². The fraction of sp³-hybridized carbons (Fsp3) is 0.0357. The SMILES string of the molecule is COc1ccc(-n2ncnc2-c2cccc(-n3ncc4cc(Nc5ccccc5F)ccc43)c2)cc1. The van der Waals surface area contributed by atoms with Crippen molar-refractivity contribution in [3.05, 3.63) is 109 Å². The third-order valence-corrected chi connectivity index (χ3v) is 5.93. The van der Waals surface area contributed by atoms with E-state index in [-0.39, 0.29) is 5.82 Å². The van der Waals surface area contributed by atoms with Gasteiger partial charge in [-0.1, -0.05) is 24.3 Å². The fourth-order valence-electron chi connectivity index (χ4n) is 4.16. The first-order valence-corrected chi connectivity index (χ1v) is 11.3. The minimum atomic E-state index is -0.299. The third kappa shape index (κ3) is 3.94. The zero-order valence-corrected chi connectivity index (χ0v) is 19.3. The maximum absolute atomic E-state index is 14.0. The number of para-hydroxylation sites is 1. The Balaban J connectivity index is 1.33. The van der Waals surface area contributed by atoms with Crippen LogP contribution in [-0.4, -0.2) is 31.7 Å². The van der Waals surface area contributed by atoms with Crippen LogP contribution in [0.4, 0.5) is 15.8 Å². The zero-order chi connectivity index (χ0) is 24.5. The highest BCUT2D eigenvalue weighted by Gasteiger charge is 2.12. The Morgan fingerprint density at radius 2 is 1.67 bits per heavy atom. The molecule has 0 saturated carbocycles. The number of fused-ring (bicyclic) bond motifs is 1. The maximum atomic E-state index is 14.0. The van der Waals surface area contributed by atoms with Crippen LogP contribution in [0.3, 0.4) is 0 Å². The smallest absolute Gasteiger partial charge is 0.163 e. The lowest BCUT2D eigenvalue weighted by molar-refractivity contribution is 0.414. The molecule has 0 amide bonds. The summed E-state index contributed by atoms with van der Waals surface area (Å²) in [5.74, 6) is 1.20. The molecular weight excluding hydrogens is 455 g/mol. The average Bonchev–Trinajstić information content (AvgIpc) is 3.58. The summed E-state index contributed by atoms with van der Waals surface area (Å²) in [5.41, 5.74) is 4.83. The predicted octanol–water partition coefficient (Wildman–Crippen LogP) is 6.16. The van der Waals surface area contributed by atoms with E-state index in [4.69, 9.17) is 4.74 Å². The van der Waals surface area contributed by atoms with Crippen molar-refractivity contribution in [1.82, 2.24) is 24.5 Å². The van der Waals surface area contributed by atoms with E-state index in [1.807, 2.05) is 71.4 Å². The number of hydrogen-bond acceptors (Lipinski definition) is 5. The van der Waals surface area contributed by atoms with Crippen LogP contribution in [0.25, 0.3) is 33.7 Å². The van der Waals surface area contributed by atoms with Gasteiger partial charge in [-0.3, -0.25) is 0 Å². The standard InChI is InChI=1S/C28H21FN6O/c1-36-24-12-10-22(11-13-24)35-28(30-18-32-35)19-5-4-6-23(16-19)34-27-14-9-21(15-20(27)17-31-34)33-26-8-3-2-7-25(26)29/h2-18,33H,1H3. The molecule has 0 radical (unpaired) electrons. The molecule has 0 bridgehead atoms. The van der Waals surface area contributed by atoms with Gasteiger partial charge in [0, 0.05) is 16.6 Å². The molecule has 176 valence electrons. The summed E-state index contributed by atoms with van der Waals surface area (Å²) in [6.07, 6.45) is 3.34. The summed E-state index contributed by atoms with van der Waals surface area (Å²) in [5, 5.41) is 13.1. The molecule has 1 N–H and O–H groups in total. The molecule has 6 rings (SSSR count). The van der Waals surface area contributed by atoms with Gasteiger partial charge >= 0.3 is 0 Å². The van der Waals surface area contributed by atoms with Crippen molar-refractivity contribution in [3.8, 4) is 28.5 Å². The van der Waals surface area contributed by atoms with Crippen molar-refractivity contribution < 1.29 is 9.13 Å². The number of anilines is 2. The average molecular weight is 477 g/mol. The van der Waals surface area contributed by atoms with Crippen LogP contribution in [0.2, 0.25) is 0 Å². The van der Waals surface area contributed by atoms with E-state index in [2.05, 4.69) is 20.5 Å². The van der Waals surface area contributed by atoms with Gasteiger partial charge in [0.25, 0.3) is 0 Å². The van der Waals surface area contributed by atoms with E-state index in [0.29, 0.717) is 5.69 Å². The Morgan fingerprint density at radius 3 is 2.50 bits per heavy atom. The Labute approximate surface area is 206 Å². The van der Waals surface area contributed by atoms with Crippen LogP contribution in [0.1, 0.15) is 0 Å². The summed E-state index contributed by atoms with van der Waals surface area (Å²) in [7, 11) is 1.64. The molecule has 0 saturated heterocycles. The van der Waals surface area contributed by atoms with E-state index in [9.17, 15) is 4.39 Å². The van der Waals surface area contributed by atoms with Crippen LogP contribution < -0.4 is 10.1 Å². The first-order valence-electron chi connectivity index (χ1n) is 11.3. The monoisotopic (exact) mass is 476 g/mol. The van der Waals surface area contributed by atoms with Crippen LogP contribution in [0, 0.1) is 5.82 Å². The lowest BCUT2D eigenvalue weighted by Crippen LogP contribution is -2.01. The van der Waals surface area contributed by atoms with Gasteiger partial charge in [0.2, 0.25) is 0 Å². The predicted molar refractivity (Wildman–Crippen MR) is 138 cm³/mol. The number of methoxy groups -OCH3 is 1. The third-order valence-electron chi connectivity index (χ3n) is 5.93. The molecule has 4 aromatic carbocycles. The molecule has 2 heterocycles. The molecule has 36 heavy (non-hydrogen) atoms. The van der Waals surface area contributed by atoms with E-state index < -0.39 is 0 Å². The number of benzene rings is 4. The number of halogens is 1. The van der Waals surface area contributed by atoms with Crippen molar-refractivity contribution in [3.63, 3.8) is 0 Å². The lowest BCUT2D eigenvalue weighted by Gasteiger charge is -2.10. The normalized spacial score (nSPS) is 11.1. The van der Waals surface area contributed by atoms with Gasteiger partial charge < -0.3 is 10.1 Å². The highest BCUT2D eigenvalue weighted by atomic mass is 19.1. The van der Waals surface area contributed by atoms with Crippen LogP contribution >= 0.6 is 0 Å². The molecule has 0 aliphatic rings. The van der Waals surface area contributed by atoms with Crippen molar-refractivity contribution in [2.75, 3.05) is 12.4 Å². The summed E-state index contributed by atoms with van der Waals surface area (Å²) < 4.78 is 23.0. The molecule has 0 fully saturated rings. The van der Waals surface area contributed by atoms with Gasteiger partial charge in [-0.2, -0.15) is 10.2 Å². The quantitative estimate of drug-likeness (QED) is 0.312. The zero-order valence-electron chi connectivity index (χ0n) is 19.3. The topological polar surface area (TPSA) is 69.8 Å². The second-order valence-electron chi connectivity index (χ2n) is 8.18. The molecule has 0 aliphatic carbocycles. The molecular formula is C28H21FN6O. The number of rotatable bonds is 6. The largest absolute Gasteiger partial charge is 0.497 e. The van der Waals surface area contributed by atoms with E-state index in [1.165, 1.54) is 6.07 Å². The Bertz CT molecular complexity index is 1670. The first-order chi connectivity index (χ1) is 17.7. The second-order valence-corrected chi connectivity index (χ2v) is 8.18. The van der Waals surface area contributed by atoms with Gasteiger partial charge in [0.1, 0.15) is 17.9 Å². The number of nitrogens with one attached hydrogen (secondary N) is 1. The Kier molecular flexibility index (Phi) is 5.38. The van der Waals surface area contributed by atoms with E-state index in [0.717, 1.165) is 45.1 Å². The van der Waals surface area contributed by atoms with Gasteiger partial charge in [0.15, 0.2) is 5.82 Å². The van der Waals surface area contributed by atoms with Gasteiger partial charge in [-0.15, -0.1) is 0 Å². The highest BCUT2D eigenvalue weighted by molar-refractivity contribution is 5.85. The lowest BCUT2D eigenvalue weighted by atomic mass is 10.1. The summed E-state index contributed by atoms with van der Waals surface area (Å²) in [6.45, 7) is 0. The van der Waals surface area contributed by atoms with E-state index >= 15 is 0 Å². The molecule has 2 aromatic heterocycles. The molecule has 0 aliphatic heterocycles. The second kappa shape index (κ2) is 8.99. The van der Waals surface area contributed by atoms with Crippen molar-refractivity contribution in [2.24, 2.45) is 0 Å².